The molecule has 2 aliphatic rings. The van der Waals surface area contributed by atoms with Crippen molar-refractivity contribution < 1.29 is 9.59 Å². The third-order valence-electron chi connectivity index (χ3n) is 6.69. The van der Waals surface area contributed by atoms with Crippen LogP contribution < -0.4 is 16.2 Å². The van der Waals surface area contributed by atoms with Crippen LogP contribution in [0, 0.1) is 11.8 Å². The Labute approximate surface area is 185 Å². The molecule has 1 aliphatic carbocycles. The van der Waals surface area contributed by atoms with Crippen LogP contribution in [0.1, 0.15) is 67.9 Å². The summed E-state index contributed by atoms with van der Waals surface area (Å²) in [6.07, 6.45) is 5.17. The minimum Gasteiger partial charge on any atom is -0.322 e. The molecule has 1 saturated carbocycles. The summed E-state index contributed by atoms with van der Waals surface area (Å²) in [5.74, 6) is 0.501. The van der Waals surface area contributed by atoms with Crippen molar-refractivity contribution >= 4 is 17.5 Å². The van der Waals surface area contributed by atoms with Crippen molar-refractivity contribution in [2.45, 2.75) is 64.3 Å². The topological polar surface area (TPSA) is 70.2 Å². The molecule has 3 unspecified atom stereocenters. The number of hydrogen-bond donors (Lipinski definition) is 3. The standard InChI is InChI=1S/C26H33N3O2/c1-26(2,3)19-10-7-11-20(16-19)27-24(30)18-9-6-8-17(14-18)15-23-21-12-4-5-13-22(21)25(31)29-28-23/h6-11,14,16,21-23,28H,4-5,12-13,15H2,1-3H3,(H,27,30)(H,29,31). The fourth-order valence-corrected chi connectivity index (χ4v) is 4.89. The highest BCUT2D eigenvalue weighted by atomic mass is 16.2. The fourth-order valence-electron chi connectivity index (χ4n) is 4.89. The van der Waals surface area contributed by atoms with E-state index >= 15 is 0 Å². The van der Waals surface area contributed by atoms with Crippen molar-refractivity contribution in [3.63, 3.8) is 0 Å². The number of fused-ring (bicyclic) bond motifs is 1. The quantitative estimate of drug-likeness (QED) is 0.679. The van der Waals surface area contributed by atoms with Crippen molar-refractivity contribution in [1.29, 1.82) is 0 Å². The molecule has 1 saturated heterocycles. The maximum absolute atomic E-state index is 12.9. The molecule has 0 radical (unpaired) electrons. The minimum absolute atomic E-state index is 0.0278. The predicted molar refractivity (Wildman–Crippen MR) is 124 cm³/mol. The molecule has 2 aromatic carbocycles. The summed E-state index contributed by atoms with van der Waals surface area (Å²) in [4.78, 5) is 25.1. The van der Waals surface area contributed by atoms with Gasteiger partial charge in [0, 0.05) is 23.2 Å². The Morgan fingerprint density at radius 2 is 1.84 bits per heavy atom. The van der Waals surface area contributed by atoms with Crippen molar-refractivity contribution in [3.05, 3.63) is 65.2 Å². The molecule has 2 amide bonds. The van der Waals surface area contributed by atoms with Crippen LogP contribution in [0.2, 0.25) is 0 Å². The Kier molecular flexibility index (Phi) is 6.15. The minimum atomic E-state index is -0.103. The number of carbonyl (C=O) groups excluding carboxylic acids is 2. The summed E-state index contributed by atoms with van der Waals surface area (Å²) in [6.45, 7) is 6.49. The van der Waals surface area contributed by atoms with Crippen LogP contribution in [0.5, 0.6) is 0 Å². The van der Waals surface area contributed by atoms with E-state index in [9.17, 15) is 9.59 Å². The number of benzene rings is 2. The Morgan fingerprint density at radius 3 is 2.65 bits per heavy atom. The third kappa shape index (κ3) is 4.99. The van der Waals surface area contributed by atoms with Crippen LogP contribution in [0.4, 0.5) is 5.69 Å². The van der Waals surface area contributed by atoms with Crippen molar-refractivity contribution in [1.82, 2.24) is 10.9 Å². The summed E-state index contributed by atoms with van der Waals surface area (Å²) < 4.78 is 0. The van der Waals surface area contributed by atoms with Gasteiger partial charge in [0.1, 0.15) is 0 Å². The molecular formula is C26H33N3O2. The zero-order valence-electron chi connectivity index (χ0n) is 18.7. The molecule has 1 aliphatic heterocycles. The molecule has 31 heavy (non-hydrogen) atoms. The first-order valence-electron chi connectivity index (χ1n) is 11.4. The van der Waals surface area contributed by atoms with E-state index < -0.39 is 0 Å². The van der Waals surface area contributed by atoms with Crippen molar-refractivity contribution in [2.75, 3.05) is 5.32 Å². The largest absolute Gasteiger partial charge is 0.322 e. The van der Waals surface area contributed by atoms with E-state index in [2.05, 4.69) is 49.1 Å². The number of rotatable bonds is 4. The van der Waals surface area contributed by atoms with Gasteiger partial charge in [0.2, 0.25) is 5.91 Å². The summed E-state index contributed by atoms with van der Waals surface area (Å²) in [6, 6.07) is 16.1. The van der Waals surface area contributed by atoms with Gasteiger partial charge in [-0.3, -0.25) is 15.0 Å². The maximum Gasteiger partial charge on any atom is 0.255 e. The zero-order chi connectivity index (χ0) is 22.0. The highest BCUT2D eigenvalue weighted by Crippen LogP contribution is 2.35. The highest BCUT2D eigenvalue weighted by molar-refractivity contribution is 6.04. The van der Waals surface area contributed by atoms with Crippen LogP contribution >= 0.6 is 0 Å². The van der Waals surface area contributed by atoms with Gasteiger partial charge in [-0.2, -0.15) is 0 Å². The van der Waals surface area contributed by atoms with E-state index in [-0.39, 0.29) is 29.2 Å². The Morgan fingerprint density at radius 1 is 1.06 bits per heavy atom. The summed E-state index contributed by atoms with van der Waals surface area (Å²) in [7, 11) is 0. The van der Waals surface area contributed by atoms with Crippen molar-refractivity contribution in [3.8, 4) is 0 Å². The van der Waals surface area contributed by atoms with Gasteiger partial charge in [0.15, 0.2) is 0 Å². The number of hydrazine groups is 1. The predicted octanol–water partition coefficient (Wildman–Crippen LogP) is 4.59. The Balaban J connectivity index is 1.46. The summed E-state index contributed by atoms with van der Waals surface area (Å²) >= 11 is 0. The van der Waals surface area contributed by atoms with Gasteiger partial charge < -0.3 is 5.32 Å². The molecule has 3 atom stereocenters. The molecule has 4 rings (SSSR count). The van der Waals surface area contributed by atoms with E-state index in [1.54, 1.807) is 0 Å². The average molecular weight is 420 g/mol. The summed E-state index contributed by atoms with van der Waals surface area (Å²) in [5.41, 5.74) is 9.88. The lowest BCUT2D eigenvalue weighted by atomic mass is 9.72. The second kappa shape index (κ2) is 8.83. The monoisotopic (exact) mass is 419 g/mol. The molecule has 164 valence electrons. The maximum atomic E-state index is 12.9. The fraction of sp³-hybridized carbons (Fsp3) is 0.462. The number of nitrogens with one attached hydrogen (secondary N) is 3. The molecule has 0 bridgehead atoms. The molecule has 0 aromatic heterocycles. The van der Waals surface area contributed by atoms with Gasteiger partial charge in [-0.15, -0.1) is 0 Å². The molecule has 1 heterocycles. The number of carbonyl (C=O) groups is 2. The van der Waals surface area contributed by atoms with E-state index in [0.717, 1.165) is 36.9 Å². The number of anilines is 1. The van der Waals surface area contributed by atoms with Crippen LogP contribution in [0.25, 0.3) is 0 Å². The number of hydrogen-bond acceptors (Lipinski definition) is 3. The highest BCUT2D eigenvalue weighted by Gasteiger charge is 2.39. The van der Waals surface area contributed by atoms with Crippen LogP contribution in [0.3, 0.4) is 0 Å². The first-order chi connectivity index (χ1) is 14.8. The smallest absolute Gasteiger partial charge is 0.255 e. The van der Waals surface area contributed by atoms with Gasteiger partial charge in [-0.1, -0.05) is 57.9 Å². The second-order valence-electron chi connectivity index (χ2n) is 9.98. The molecule has 5 heteroatoms. The Bertz CT molecular complexity index is 963. The third-order valence-corrected chi connectivity index (χ3v) is 6.69. The molecule has 2 fully saturated rings. The van der Waals surface area contributed by atoms with E-state index in [1.165, 1.54) is 12.0 Å². The zero-order valence-corrected chi connectivity index (χ0v) is 18.7. The molecule has 5 nitrogen and oxygen atoms in total. The second-order valence-corrected chi connectivity index (χ2v) is 9.98. The van der Waals surface area contributed by atoms with Gasteiger partial charge in [0.05, 0.1) is 0 Å². The lowest BCUT2D eigenvalue weighted by molar-refractivity contribution is -0.133. The van der Waals surface area contributed by atoms with Gasteiger partial charge in [-0.05, 0) is 66.0 Å². The summed E-state index contributed by atoms with van der Waals surface area (Å²) in [5, 5.41) is 3.04. The Hall–Kier alpha value is -2.66. The molecule has 3 N–H and O–H groups in total. The lowest BCUT2D eigenvalue weighted by Gasteiger charge is -2.41. The van der Waals surface area contributed by atoms with Gasteiger partial charge in [0.25, 0.3) is 5.91 Å². The number of amides is 2. The average Bonchev–Trinajstić information content (AvgIpc) is 2.76. The van der Waals surface area contributed by atoms with E-state index in [0.29, 0.717) is 11.5 Å². The normalized spacial score (nSPS) is 23.6. The van der Waals surface area contributed by atoms with E-state index in [4.69, 9.17) is 0 Å². The van der Waals surface area contributed by atoms with Crippen LogP contribution in [0.15, 0.2) is 48.5 Å². The van der Waals surface area contributed by atoms with Crippen LogP contribution in [-0.4, -0.2) is 17.9 Å². The van der Waals surface area contributed by atoms with Gasteiger partial charge in [-0.25, -0.2) is 5.43 Å². The van der Waals surface area contributed by atoms with Crippen molar-refractivity contribution in [2.24, 2.45) is 11.8 Å². The molecule has 0 spiro atoms. The first kappa shape index (κ1) is 21.6. The van der Waals surface area contributed by atoms with Gasteiger partial charge >= 0.3 is 0 Å². The lowest BCUT2D eigenvalue weighted by Crippen LogP contribution is -2.60. The molecule has 2 aromatic rings. The first-order valence-corrected chi connectivity index (χ1v) is 11.4. The van der Waals surface area contributed by atoms with E-state index in [1.807, 2.05) is 36.4 Å². The SMILES string of the molecule is CC(C)(C)c1cccc(NC(=O)c2cccc(CC3NNC(=O)C4CCCCC34)c2)c1. The van der Waals surface area contributed by atoms with Crippen LogP contribution in [-0.2, 0) is 16.6 Å². The molecular weight excluding hydrogens is 386 g/mol.